The van der Waals surface area contributed by atoms with Crippen molar-refractivity contribution in [2.24, 2.45) is 0 Å². The van der Waals surface area contributed by atoms with Gasteiger partial charge in [0.2, 0.25) is 5.88 Å². The number of halogens is 3. The molecule has 4 nitrogen and oxygen atoms in total. The van der Waals surface area contributed by atoms with Crippen molar-refractivity contribution in [1.29, 1.82) is 0 Å². The van der Waals surface area contributed by atoms with Gasteiger partial charge in [-0.1, -0.05) is 19.1 Å². The van der Waals surface area contributed by atoms with E-state index >= 15 is 0 Å². The monoisotopic (exact) mass is 284 g/mol. The highest BCUT2D eigenvalue weighted by Crippen LogP contribution is 2.31. The van der Waals surface area contributed by atoms with Crippen LogP contribution in [-0.2, 0) is 12.6 Å². The summed E-state index contributed by atoms with van der Waals surface area (Å²) in [5.41, 5.74) is -1.24. The molecule has 0 saturated carbocycles. The maximum Gasteiger partial charge on any atom is 0.416 e. The first-order valence-corrected chi connectivity index (χ1v) is 5.82. The van der Waals surface area contributed by atoms with Crippen LogP contribution in [0.4, 0.5) is 13.2 Å². The Morgan fingerprint density at radius 3 is 2.60 bits per heavy atom. The molecule has 0 radical (unpaired) electrons. The molecule has 0 aliphatic rings. The summed E-state index contributed by atoms with van der Waals surface area (Å²) in [6.45, 7) is 1.66. The Hall–Kier alpha value is -2.31. The Labute approximate surface area is 111 Å². The first-order valence-electron chi connectivity index (χ1n) is 5.82. The van der Waals surface area contributed by atoms with Crippen molar-refractivity contribution in [3.05, 3.63) is 45.7 Å². The lowest BCUT2D eigenvalue weighted by Crippen LogP contribution is -2.14. The SMILES string of the molecule is CCc1c(O)nc(-c2cccc(C(F)(F)F)c2)[nH]c1=O. The molecule has 0 fully saturated rings. The summed E-state index contributed by atoms with van der Waals surface area (Å²) in [7, 11) is 0. The summed E-state index contributed by atoms with van der Waals surface area (Å²) in [4.78, 5) is 17.8. The first-order chi connectivity index (χ1) is 9.32. The van der Waals surface area contributed by atoms with E-state index in [0.29, 0.717) is 0 Å². The lowest BCUT2D eigenvalue weighted by Gasteiger charge is -2.09. The number of alkyl halides is 3. The molecule has 0 saturated heterocycles. The van der Waals surface area contributed by atoms with Gasteiger partial charge in [0.25, 0.3) is 5.56 Å². The van der Waals surface area contributed by atoms with Crippen LogP contribution in [0.3, 0.4) is 0 Å². The van der Waals surface area contributed by atoms with Gasteiger partial charge in [-0.2, -0.15) is 18.2 Å². The number of hydrogen-bond acceptors (Lipinski definition) is 3. The molecule has 2 rings (SSSR count). The average molecular weight is 284 g/mol. The fourth-order valence-electron chi connectivity index (χ4n) is 1.78. The number of aromatic nitrogens is 2. The second-order valence-electron chi connectivity index (χ2n) is 4.15. The second-order valence-corrected chi connectivity index (χ2v) is 4.15. The van der Waals surface area contributed by atoms with Gasteiger partial charge in [-0.3, -0.25) is 4.79 Å². The molecule has 0 spiro atoms. The number of aromatic amines is 1. The molecule has 1 aromatic carbocycles. The van der Waals surface area contributed by atoms with Gasteiger partial charge in [-0.25, -0.2) is 0 Å². The van der Waals surface area contributed by atoms with Crippen molar-refractivity contribution >= 4 is 0 Å². The molecule has 2 N–H and O–H groups in total. The number of H-pyrrole nitrogens is 1. The van der Waals surface area contributed by atoms with Crippen molar-refractivity contribution in [2.45, 2.75) is 19.5 Å². The van der Waals surface area contributed by atoms with Gasteiger partial charge in [-0.05, 0) is 18.6 Å². The van der Waals surface area contributed by atoms with Crippen LogP contribution in [0.25, 0.3) is 11.4 Å². The Balaban J connectivity index is 2.55. The van der Waals surface area contributed by atoms with E-state index in [1.54, 1.807) is 6.92 Å². The molecule has 106 valence electrons. The predicted octanol–water partition coefficient (Wildman–Crippen LogP) is 2.72. The Kier molecular flexibility index (Phi) is 3.52. The van der Waals surface area contributed by atoms with E-state index in [9.17, 15) is 23.1 Å². The molecule has 0 aliphatic carbocycles. The third kappa shape index (κ3) is 2.66. The average Bonchev–Trinajstić information content (AvgIpc) is 2.37. The zero-order chi connectivity index (χ0) is 14.9. The minimum Gasteiger partial charge on any atom is -0.493 e. The van der Waals surface area contributed by atoms with Crippen molar-refractivity contribution in [3.8, 4) is 17.3 Å². The van der Waals surface area contributed by atoms with Gasteiger partial charge in [0.1, 0.15) is 5.82 Å². The summed E-state index contributed by atoms with van der Waals surface area (Å²) in [6, 6.07) is 4.37. The number of nitrogens with zero attached hydrogens (tertiary/aromatic N) is 1. The molecule has 0 aliphatic heterocycles. The topological polar surface area (TPSA) is 66.0 Å². The summed E-state index contributed by atoms with van der Waals surface area (Å²) in [5.74, 6) is -0.570. The fraction of sp³-hybridized carbons (Fsp3) is 0.231. The molecular formula is C13H11F3N2O2. The van der Waals surface area contributed by atoms with Crippen LogP contribution in [0.15, 0.2) is 29.1 Å². The Bertz CT molecular complexity index is 693. The molecule has 1 heterocycles. The maximum absolute atomic E-state index is 12.6. The normalized spacial score (nSPS) is 11.6. The van der Waals surface area contributed by atoms with Gasteiger partial charge >= 0.3 is 6.18 Å². The largest absolute Gasteiger partial charge is 0.493 e. The number of nitrogens with one attached hydrogen (secondary N) is 1. The van der Waals surface area contributed by atoms with Gasteiger partial charge in [-0.15, -0.1) is 0 Å². The van der Waals surface area contributed by atoms with Gasteiger partial charge in [0.15, 0.2) is 0 Å². The summed E-state index contributed by atoms with van der Waals surface area (Å²) in [5, 5.41) is 9.61. The maximum atomic E-state index is 12.6. The Morgan fingerprint density at radius 1 is 1.35 bits per heavy atom. The van der Waals surface area contributed by atoms with Crippen molar-refractivity contribution in [3.63, 3.8) is 0 Å². The van der Waals surface area contributed by atoms with E-state index in [2.05, 4.69) is 9.97 Å². The standard InChI is InChI=1S/C13H11F3N2O2/c1-2-9-11(19)17-10(18-12(9)20)7-4-3-5-8(6-7)13(14,15)16/h3-6H,2H2,1H3,(H2,17,18,19,20). The molecule has 20 heavy (non-hydrogen) atoms. The highest BCUT2D eigenvalue weighted by atomic mass is 19.4. The van der Waals surface area contributed by atoms with Crippen molar-refractivity contribution in [1.82, 2.24) is 9.97 Å². The molecule has 2 aromatic rings. The van der Waals surface area contributed by atoms with Gasteiger partial charge in [0, 0.05) is 5.56 Å². The smallest absolute Gasteiger partial charge is 0.416 e. The number of rotatable bonds is 2. The van der Waals surface area contributed by atoms with Gasteiger partial charge in [0.05, 0.1) is 11.1 Å². The lowest BCUT2D eigenvalue weighted by molar-refractivity contribution is -0.137. The molecule has 0 bridgehead atoms. The van der Waals surface area contributed by atoms with Crippen LogP contribution >= 0.6 is 0 Å². The van der Waals surface area contributed by atoms with E-state index in [1.807, 2.05) is 0 Å². The first kappa shape index (κ1) is 14.1. The molecule has 0 amide bonds. The highest BCUT2D eigenvalue weighted by Gasteiger charge is 2.30. The predicted molar refractivity (Wildman–Crippen MR) is 66.3 cm³/mol. The van der Waals surface area contributed by atoms with E-state index in [4.69, 9.17) is 0 Å². The molecule has 0 unspecified atom stereocenters. The fourth-order valence-corrected chi connectivity index (χ4v) is 1.78. The Morgan fingerprint density at radius 2 is 2.05 bits per heavy atom. The zero-order valence-corrected chi connectivity index (χ0v) is 10.5. The molecule has 0 atom stereocenters. The van der Waals surface area contributed by atoms with E-state index in [1.165, 1.54) is 12.1 Å². The third-order valence-corrected chi connectivity index (χ3v) is 2.81. The van der Waals surface area contributed by atoms with Gasteiger partial charge < -0.3 is 10.1 Å². The summed E-state index contributed by atoms with van der Waals surface area (Å²) < 4.78 is 37.9. The molecular weight excluding hydrogens is 273 g/mol. The third-order valence-electron chi connectivity index (χ3n) is 2.81. The minimum atomic E-state index is -4.48. The lowest BCUT2D eigenvalue weighted by atomic mass is 10.1. The quantitative estimate of drug-likeness (QED) is 0.891. The number of hydrogen-bond donors (Lipinski definition) is 2. The van der Waals surface area contributed by atoms with Crippen molar-refractivity contribution in [2.75, 3.05) is 0 Å². The van der Waals surface area contributed by atoms with Crippen LogP contribution in [0.1, 0.15) is 18.1 Å². The highest BCUT2D eigenvalue weighted by molar-refractivity contribution is 5.57. The van der Waals surface area contributed by atoms with Crippen LogP contribution in [0.2, 0.25) is 0 Å². The number of aromatic hydroxyl groups is 1. The van der Waals surface area contributed by atoms with E-state index < -0.39 is 23.2 Å². The summed E-state index contributed by atoms with van der Waals surface area (Å²) >= 11 is 0. The summed E-state index contributed by atoms with van der Waals surface area (Å²) in [6.07, 6.45) is -4.21. The second kappa shape index (κ2) is 4.99. The van der Waals surface area contributed by atoms with Crippen molar-refractivity contribution < 1.29 is 18.3 Å². The van der Waals surface area contributed by atoms with Crippen LogP contribution in [0.5, 0.6) is 5.88 Å². The molecule has 7 heteroatoms. The van der Waals surface area contributed by atoms with Crippen LogP contribution in [-0.4, -0.2) is 15.1 Å². The minimum absolute atomic E-state index is 0.0786. The zero-order valence-electron chi connectivity index (χ0n) is 10.5. The van der Waals surface area contributed by atoms with E-state index in [-0.39, 0.29) is 23.4 Å². The number of benzene rings is 1. The molecule has 1 aromatic heterocycles. The van der Waals surface area contributed by atoms with Crippen LogP contribution < -0.4 is 5.56 Å². The van der Waals surface area contributed by atoms with Crippen LogP contribution in [0, 0.1) is 0 Å². The van der Waals surface area contributed by atoms with E-state index in [0.717, 1.165) is 12.1 Å².